The molecule has 0 radical (unpaired) electrons. The topological polar surface area (TPSA) is 75.3 Å². The number of hydrogen-bond acceptors (Lipinski definition) is 3. The smallest absolute Gasteiger partial charge is 0.244 e. The number of amides is 1. The molecule has 2 aromatic carbocycles. The van der Waals surface area contributed by atoms with Crippen LogP contribution < -0.4 is 10.0 Å². The van der Waals surface area contributed by atoms with E-state index in [2.05, 4.69) is 10.0 Å². The number of fused-ring (bicyclic) bond motifs is 1. The van der Waals surface area contributed by atoms with E-state index >= 15 is 0 Å². The van der Waals surface area contributed by atoms with Gasteiger partial charge in [0.2, 0.25) is 15.9 Å². The number of carbonyl (C=O) groups excluding carboxylic acids is 1. The SMILES string of the molecule is C[C@H](NS(=O)(=O)c1ccccc1F)C(=O)NC1CCc2c(F)cccc21. The van der Waals surface area contributed by atoms with E-state index in [1.165, 1.54) is 25.1 Å². The van der Waals surface area contributed by atoms with Gasteiger partial charge in [0.15, 0.2) is 0 Å². The van der Waals surface area contributed by atoms with Crippen LogP contribution in [0.2, 0.25) is 0 Å². The lowest BCUT2D eigenvalue weighted by atomic mass is 10.1. The van der Waals surface area contributed by atoms with Gasteiger partial charge >= 0.3 is 0 Å². The molecule has 2 aromatic rings. The van der Waals surface area contributed by atoms with Crippen molar-refractivity contribution in [3.8, 4) is 0 Å². The second-order valence-electron chi connectivity index (χ2n) is 6.18. The van der Waals surface area contributed by atoms with Crippen molar-refractivity contribution in [1.29, 1.82) is 0 Å². The Labute approximate surface area is 150 Å². The highest BCUT2D eigenvalue weighted by atomic mass is 32.2. The molecule has 26 heavy (non-hydrogen) atoms. The van der Waals surface area contributed by atoms with Crippen LogP contribution in [0.1, 0.15) is 30.5 Å². The Balaban J connectivity index is 1.70. The van der Waals surface area contributed by atoms with Crippen LogP contribution in [0.15, 0.2) is 47.4 Å². The molecule has 1 amide bonds. The van der Waals surface area contributed by atoms with Gasteiger partial charge < -0.3 is 5.32 Å². The van der Waals surface area contributed by atoms with E-state index in [0.717, 1.165) is 12.1 Å². The van der Waals surface area contributed by atoms with Crippen molar-refractivity contribution in [3.63, 3.8) is 0 Å². The molecule has 0 bridgehead atoms. The van der Waals surface area contributed by atoms with Crippen LogP contribution in [0.25, 0.3) is 0 Å². The maximum atomic E-state index is 13.8. The van der Waals surface area contributed by atoms with Gasteiger partial charge in [-0.25, -0.2) is 17.2 Å². The van der Waals surface area contributed by atoms with Crippen molar-refractivity contribution in [2.45, 2.75) is 36.7 Å². The van der Waals surface area contributed by atoms with E-state index in [9.17, 15) is 22.0 Å². The molecule has 138 valence electrons. The van der Waals surface area contributed by atoms with Crippen LogP contribution in [0, 0.1) is 11.6 Å². The average Bonchev–Trinajstić information content (AvgIpc) is 2.99. The summed E-state index contributed by atoms with van der Waals surface area (Å²) < 4.78 is 54.2. The highest BCUT2D eigenvalue weighted by Gasteiger charge is 2.29. The first kappa shape index (κ1) is 18.5. The van der Waals surface area contributed by atoms with E-state index in [1.807, 2.05) is 0 Å². The maximum absolute atomic E-state index is 13.8. The predicted octanol–water partition coefficient (Wildman–Crippen LogP) is 2.44. The maximum Gasteiger partial charge on any atom is 0.244 e. The second kappa shape index (κ2) is 7.13. The first-order valence-electron chi connectivity index (χ1n) is 8.14. The summed E-state index contributed by atoms with van der Waals surface area (Å²) in [7, 11) is -4.18. The Morgan fingerprint density at radius 3 is 2.54 bits per heavy atom. The van der Waals surface area contributed by atoms with Gasteiger partial charge in [-0.3, -0.25) is 4.79 Å². The third-order valence-electron chi connectivity index (χ3n) is 4.38. The Hall–Kier alpha value is -2.32. The third kappa shape index (κ3) is 3.61. The van der Waals surface area contributed by atoms with Crippen molar-refractivity contribution >= 4 is 15.9 Å². The number of halogens is 2. The number of carbonyl (C=O) groups is 1. The lowest BCUT2D eigenvalue weighted by Gasteiger charge is -2.19. The van der Waals surface area contributed by atoms with Gasteiger partial charge in [0.1, 0.15) is 16.5 Å². The minimum absolute atomic E-state index is 0.312. The summed E-state index contributed by atoms with van der Waals surface area (Å²) in [6.45, 7) is 1.37. The lowest BCUT2D eigenvalue weighted by molar-refractivity contribution is -0.123. The first-order valence-corrected chi connectivity index (χ1v) is 9.62. The fraction of sp³-hybridized carbons (Fsp3) is 0.278. The Kier molecular flexibility index (Phi) is 5.06. The predicted molar refractivity (Wildman–Crippen MR) is 91.8 cm³/mol. The van der Waals surface area contributed by atoms with Crippen molar-refractivity contribution in [1.82, 2.24) is 10.0 Å². The molecule has 1 aliphatic rings. The van der Waals surface area contributed by atoms with Gasteiger partial charge in [-0.1, -0.05) is 24.3 Å². The second-order valence-corrected chi connectivity index (χ2v) is 7.86. The molecule has 0 saturated heterocycles. The fourth-order valence-electron chi connectivity index (χ4n) is 3.07. The fourth-order valence-corrected chi connectivity index (χ4v) is 4.35. The minimum atomic E-state index is -4.18. The zero-order chi connectivity index (χ0) is 18.9. The van der Waals surface area contributed by atoms with Crippen molar-refractivity contribution < 1.29 is 22.0 Å². The molecule has 0 aliphatic heterocycles. The summed E-state index contributed by atoms with van der Waals surface area (Å²) in [6, 6.07) is 8.11. The largest absolute Gasteiger partial charge is 0.348 e. The van der Waals surface area contributed by atoms with E-state index in [-0.39, 0.29) is 11.9 Å². The summed E-state index contributed by atoms with van der Waals surface area (Å²) in [5.41, 5.74) is 1.26. The molecule has 1 unspecified atom stereocenters. The molecule has 8 heteroatoms. The zero-order valence-corrected chi connectivity index (χ0v) is 14.8. The third-order valence-corrected chi connectivity index (χ3v) is 5.96. The molecule has 2 N–H and O–H groups in total. The molecular formula is C18H18F2N2O3S. The minimum Gasteiger partial charge on any atom is -0.348 e. The number of rotatable bonds is 5. The number of nitrogens with one attached hydrogen (secondary N) is 2. The van der Waals surface area contributed by atoms with Crippen LogP contribution in [-0.2, 0) is 21.2 Å². The standard InChI is InChI=1S/C18H18F2N2O3S/c1-11(22-26(24,25)17-8-3-2-6-15(17)20)18(23)21-16-10-9-12-13(16)5-4-7-14(12)19/h2-8,11,16,22H,9-10H2,1H3,(H,21,23)/t11-,16?/m0/s1. The molecule has 1 aliphatic carbocycles. The van der Waals surface area contributed by atoms with Gasteiger partial charge in [-0.15, -0.1) is 0 Å². The Morgan fingerprint density at radius 2 is 1.81 bits per heavy atom. The molecule has 3 rings (SSSR count). The number of sulfonamides is 1. The highest BCUT2D eigenvalue weighted by Crippen LogP contribution is 2.32. The summed E-state index contributed by atoms with van der Waals surface area (Å²) in [4.78, 5) is 11.8. The summed E-state index contributed by atoms with van der Waals surface area (Å²) in [5.74, 6) is -1.77. The first-order chi connectivity index (χ1) is 12.3. The van der Waals surface area contributed by atoms with Gasteiger partial charge in [0.25, 0.3) is 0 Å². The Bertz CT molecular complexity index is 947. The lowest BCUT2D eigenvalue weighted by Crippen LogP contribution is -2.45. The van der Waals surface area contributed by atoms with Crippen LogP contribution in [-0.4, -0.2) is 20.4 Å². The summed E-state index contributed by atoms with van der Waals surface area (Å²) >= 11 is 0. The van der Waals surface area contributed by atoms with E-state index in [4.69, 9.17) is 0 Å². The van der Waals surface area contributed by atoms with Crippen molar-refractivity contribution in [2.75, 3.05) is 0 Å². The van der Waals surface area contributed by atoms with E-state index in [1.54, 1.807) is 12.1 Å². The average molecular weight is 380 g/mol. The molecule has 5 nitrogen and oxygen atoms in total. The number of benzene rings is 2. The Morgan fingerprint density at radius 1 is 1.12 bits per heavy atom. The molecule has 0 saturated carbocycles. The monoisotopic (exact) mass is 380 g/mol. The molecule has 0 fully saturated rings. The quantitative estimate of drug-likeness (QED) is 0.837. The van der Waals surface area contributed by atoms with E-state index in [0.29, 0.717) is 24.0 Å². The van der Waals surface area contributed by atoms with Gasteiger partial charge in [-0.2, -0.15) is 4.72 Å². The zero-order valence-electron chi connectivity index (χ0n) is 14.0. The normalized spacial score (nSPS) is 17.6. The molecule has 0 spiro atoms. The van der Waals surface area contributed by atoms with E-state index < -0.39 is 32.7 Å². The van der Waals surface area contributed by atoms with Crippen molar-refractivity contribution in [3.05, 3.63) is 65.2 Å². The van der Waals surface area contributed by atoms with Crippen LogP contribution in [0.5, 0.6) is 0 Å². The summed E-state index contributed by atoms with van der Waals surface area (Å²) in [6.07, 6.45) is 1.04. The van der Waals surface area contributed by atoms with Crippen molar-refractivity contribution in [2.24, 2.45) is 0 Å². The van der Waals surface area contributed by atoms with Crippen LogP contribution in [0.4, 0.5) is 8.78 Å². The number of hydrogen-bond donors (Lipinski definition) is 2. The van der Waals surface area contributed by atoms with Crippen LogP contribution >= 0.6 is 0 Å². The van der Waals surface area contributed by atoms with Gasteiger partial charge in [0.05, 0.1) is 12.1 Å². The van der Waals surface area contributed by atoms with Gasteiger partial charge in [0, 0.05) is 0 Å². The molecule has 0 aromatic heterocycles. The highest BCUT2D eigenvalue weighted by molar-refractivity contribution is 7.89. The molecular weight excluding hydrogens is 362 g/mol. The van der Waals surface area contributed by atoms with Crippen LogP contribution in [0.3, 0.4) is 0 Å². The molecule has 2 atom stereocenters. The van der Waals surface area contributed by atoms with Gasteiger partial charge in [-0.05, 0) is 49.1 Å². The summed E-state index contributed by atoms with van der Waals surface area (Å²) in [5, 5.41) is 2.72. The molecule has 0 heterocycles.